The van der Waals surface area contributed by atoms with Gasteiger partial charge in [0, 0.05) is 55.9 Å². The van der Waals surface area contributed by atoms with E-state index in [0.29, 0.717) is 0 Å². The van der Waals surface area contributed by atoms with Gasteiger partial charge in [-0.05, 0) is 62.8 Å². The molecule has 2 aromatic heterocycles. The van der Waals surface area contributed by atoms with Crippen LogP contribution in [0.2, 0.25) is 0 Å². The molecule has 1 spiro atoms. The SMILES string of the molecule is Cc1ccc(C)c2c(=O)cc(CN3CCCC4(CCc5cnc(N(C)C)nc54)C3)[nH]c12. The number of aromatic nitrogens is 3. The summed E-state index contributed by atoms with van der Waals surface area (Å²) in [5.41, 5.74) is 6.89. The first-order valence-electron chi connectivity index (χ1n) is 11.2. The van der Waals surface area contributed by atoms with E-state index in [2.05, 4.69) is 27.9 Å². The molecule has 0 amide bonds. The number of nitrogens with one attached hydrogen (secondary N) is 1. The molecule has 31 heavy (non-hydrogen) atoms. The number of hydrogen-bond donors (Lipinski definition) is 1. The number of hydrogen-bond acceptors (Lipinski definition) is 5. The fourth-order valence-electron chi connectivity index (χ4n) is 5.55. The predicted molar refractivity (Wildman–Crippen MR) is 125 cm³/mol. The Kier molecular flexibility index (Phi) is 4.85. The van der Waals surface area contributed by atoms with E-state index in [1.54, 1.807) is 6.07 Å². The maximum absolute atomic E-state index is 12.9. The van der Waals surface area contributed by atoms with Crippen LogP contribution in [0.1, 0.15) is 47.3 Å². The molecule has 6 nitrogen and oxygen atoms in total. The van der Waals surface area contributed by atoms with Crippen molar-refractivity contribution in [2.24, 2.45) is 0 Å². The summed E-state index contributed by atoms with van der Waals surface area (Å²) >= 11 is 0. The lowest BCUT2D eigenvalue weighted by Crippen LogP contribution is -2.45. The summed E-state index contributed by atoms with van der Waals surface area (Å²) in [6.07, 6.45) is 6.54. The number of nitrogens with zero attached hydrogens (tertiary/aromatic N) is 4. The molecule has 2 aliphatic rings. The Hall–Kier alpha value is -2.73. The van der Waals surface area contributed by atoms with Gasteiger partial charge in [0.1, 0.15) is 0 Å². The molecule has 0 radical (unpaired) electrons. The van der Waals surface area contributed by atoms with E-state index >= 15 is 0 Å². The average molecular weight is 418 g/mol. The highest BCUT2D eigenvalue weighted by atomic mass is 16.1. The van der Waals surface area contributed by atoms with Crippen LogP contribution in [0.25, 0.3) is 10.9 Å². The van der Waals surface area contributed by atoms with Crippen LogP contribution in [0, 0.1) is 13.8 Å². The molecule has 5 rings (SSSR count). The largest absolute Gasteiger partial charge is 0.357 e. The number of aromatic amines is 1. The second kappa shape index (κ2) is 7.45. The van der Waals surface area contributed by atoms with Crippen LogP contribution in [0.4, 0.5) is 5.95 Å². The quantitative estimate of drug-likeness (QED) is 0.707. The summed E-state index contributed by atoms with van der Waals surface area (Å²) in [5, 5.41) is 0.816. The lowest BCUT2D eigenvalue weighted by atomic mass is 9.77. The Bertz CT molecular complexity index is 1210. The Morgan fingerprint density at radius 2 is 2.00 bits per heavy atom. The van der Waals surface area contributed by atoms with E-state index in [4.69, 9.17) is 4.98 Å². The third-order valence-corrected chi connectivity index (χ3v) is 7.14. The van der Waals surface area contributed by atoms with Crippen molar-refractivity contribution in [3.05, 3.63) is 62.7 Å². The lowest BCUT2D eigenvalue weighted by Gasteiger charge is -2.40. The zero-order valence-corrected chi connectivity index (χ0v) is 19.0. The van der Waals surface area contributed by atoms with Crippen LogP contribution < -0.4 is 10.3 Å². The summed E-state index contributed by atoms with van der Waals surface area (Å²) in [5.74, 6) is 0.793. The van der Waals surface area contributed by atoms with Gasteiger partial charge in [-0.15, -0.1) is 0 Å². The molecule has 3 heterocycles. The molecule has 6 heteroatoms. The number of anilines is 1. The number of piperidine rings is 1. The van der Waals surface area contributed by atoms with Crippen LogP contribution in [-0.2, 0) is 18.4 Å². The maximum Gasteiger partial charge on any atom is 0.225 e. The molecule has 0 bridgehead atoms. The molecule has 1 aromatic carbocycles. The molecule has 0 saturated carbocycles. The summed E-state index contributed by atoms with van der Waals surface area (Å²) in [7, 11) is 3.99. The van der Waals surface area contributed by atoms with E-state index in [0.717, 1.165) is 72.6 Å². The first-order chi connectivity index (χ1) is 14.9. The lowest BCUT2D eigenvalue weighted by molar-refractivity contribution is 0.135. The number of pyridine rings is 1. The van der Waals surface area contributed by atoms with Crippen LogP contribution >= 0.6 is 0 Å². The molecule has 3 aromatic rings. The molecule has 1 atom stereocenters. The average Bonchev–Trinajstić information content (AvgIpc) is 3.07. The van der Waals surface area contributed by atoms with Crippen LogP contribution in [0.3, 0.4) is 0 Å². The molecule has 1 N–H and O–H groups in total. The zero-order valence-electron chi connectivity index (χ0n) is 19.0. The second-order valence-electron chi connectivity index (χ2n) is 9.64. The first kappa shape index (κ1) is 20.2. The minimum Gasteiger partial charge on any atom is -0.357 e. The third-order valence-electron chi connectivity index (χ3n) is 7.14. The van der Waals surface area contributed by atoms with E-state index in [1.807, 2.05) is 38.2 Å². The van der Waals surface area contributed by atoms with Gasteiger partial charge < -0.3 is 9.88 Å². The van der Waals surface area contributed by atoms with E-state index in [1.165, 1.54) is 17.7 Å². The molecular formula is C25H31N5O. The molecule has 1 fully saturated rings. The van der Waals surface area contributed by atoms with Crippen molar-refractivity contribution in [1.29, 1.82) is 0 Å². The van der Waals surface area contributed by atoms with Gasteiger partial charge in [0.15, 0.2) is 5.43 Å². The van der Waals surface area contributed by atoms with Gasteiger partial charge in [-0.3, -0.25) is 9.69 Å². The fourth-order valence-corrected chi connectivity index (χ4v) is 5.55. The Morgan fingerprint density at radius 1 is 1.19 bits per heavy atom. The first-order valence-corrected chi connectivity index (χ1v) is 11.2. The Morgan fingerprint density at radius 3 is 2.81 bits per heavy atom. The van der Waals surface area contributed by atoms with Gasteiger partial charge in [0.05, 0.1) is 11.2 Å². The highest BCUT2D eigenvalue weighted by Crippen LogP contribution is 2.44. The topological polar surface area (TPSA) is 65.1 Å². The summed E-state index contributed by atoms with van der Waals surface area (Å²) < 4.78 is 0. The molecular weight excluding hydrogens is 386 g/mol. The predicted octanol–water partition coefficient (Wildman–Crippen LogP) is 3.48. The van der Waals surface area contributed by atoms with Gasteiger partial charge in [0.25, 0.3) is 0 Å². The molecule has 1 aliphatic carbocycles. The standard InChI is InChI=1S/C25H31N5O/c1-16-6-7-17(2)22-21(16)20(31)12-19(27-22)14-30-11-5-9-25(15-30)10-8-18-13-26-24(29(3)4)28-23(18)25/h6-7,12-13H,5,8-11,14-15H2,1-4H3,(H,27,31). The Balaban J connectivity index is 1.45. The smallest absolute Gasteiger partial charge is 0.225 e. The number of H-pyrrole nitrogens is 1. The zero-order chi connectivity index (χ0) is 21.8. The summed E-state index contributed by atoms with van der Waals surface area (Å²) in [6, 6.07) is 5.91. The minimum atomic E-state index is 0.102. The number of rotatable bonds is 3. The second-order valence-corrected chi connectivity index (χ2v) is 9.64. The van der Waals surface area contributed by atoms with Crippen molar-refractivity contribution in [2.75, 3.05) is 32.1 Å². The van der Waals surface area contributed by atoms with Crippen molar-refractivity contribution in [1.82, 2.24) is 19.9 Å². The van der Waals surface area contributed by atoms with Crippen LogP contribution in [0.5, 0.6) is 0 Å². The van der Waals surface area contributed by atoms with Gasteiger partial charge in [-0.25, -0.2) is 9.97 Å². The van der Waals surface area contributed by atoms with Gasteiger partial charge in [-0.2, -0.15) is 0 Å². The van der Waals surface area contributed by atoms with Crippen LogP contribution in [0.15, 0.2) is 29.2 Å². The van der Waals surface area contributed by atoms with E-state index < -0.39 is 0 Å². The summed E-state index contributed by atoms with van der Waals surface area (Å²) in [4.78, 5) is 30.4. The van der Waals surface area contributed by atoms with E-state index in [-0.39, 0.29) is 10.8 Å². The van der Waals surface area contributed by atoms with Crippen molar-refractivity contribution < 1.29 is 0 Å². The van der Waals surface area contributed by atoms with E-state index in [9.17, 15) is 4.79 Å². The normalized spacial score (nSPS) is 21.0. The summed E-state index contributed by atoms with van der Waals surface area (Å²) in [6.45, 7) is 6.87. The van der Waals surface area contributed by atoms with Crippen molar-refractivity contribution in [3.8, 4) is 0 Å². The maximum atomic E-state index is 12.9. The number of aryl methyl sites for hydroxylation is 3. The number of benzene rings is 1. The molecule has 1 saturated heterocycles. The molecule has 1 unspecified atom stereocenters. The van der Waals surface area contributed by atoms with Gasteiger partial charge in [0.2, 0.25) is 5.95 Å². The number of fused-ring (bicyclic) bond motifs is 3. The monoisotopic (exact) mass is 417 g/mol. The molecule has 162 valence electrons. The van der Waals surface area contributed by atoms with Crippen molar-refractivity contribution in [3.63, 3.8) is 0 Å². The van der Waals surface area contributed by atoms with Gasteiger partial charge >= 0.3 is 0 Å². The fraction of sp³-hybridized carbons (Fsp3) is 0.480. The van der Waals surface area contributed by atoms with Gasteiger partial charge in [-0.1, -0.05) is 12.1 Å². The Labute approximate surface area is 183 Å². The van der Waals surface area contributed by atoms with Crippen LogP contribution in [-0.4, -0.2) is 47.0 Å². The third kappa shape index (κ3) is 3.43. The number of likely N-dealkylation sites (tertiary alicyclic amines) is 1. The molecule has 1 aliphatic heterocycles. The minimum absolute atomic E-state index is 0.102. The van der Waals surface area contributed by atoms with Crippen molar-refractivity contribution >= 4 is 16.9 Å². The van der Waals surface area contributed by atoms with Crippen molar-refractivity contribution in [2.45, 2.75) is 51.5 Å². The highest BCUT2D eigenvalue weighted by Gasteiger charge is 2.43. The highest BCUT2D eigenvalue weighted by molar-refractivity contribution is 5.84.